The van der Waals surface area contributed by atoms with Crippen LogP contribution in [0.1, 0.15) is 21.5 Å². The molecular formula is C17H16N2O2+2. The van der Waals surface area contributed by atoms with Gasteiger partial charge < -0.3 is 5.32 Å². The van der Waals surface area contributed by atoms with Crippen molar-refractivity contribution in [1.82, 2.24) is 0 Å². The van der Waals surface area contributed by atoms with Crippen LogP contribution in [-0.2, 0) is 17.8 Å². The van der Waals surface area contributed by atoms with E-state index in [9.17, 15) is 9.59 Å². The number of hydrogen-bond acceptors (Lipinski definition) is 2. The van der Waals surface area contributed by atoms with Crippen molar-refractivity contribution in [2.75, 3.05) is 6.54 Å². The largest absolute Gasteiger partial charge is 0.388 e. The summed E-state index contributed by atoms with van der Waals surface area (Å²) in [6, 6.07) is 12.0. The average Bonchev–Trinajstić information content (AvgIpc) is 2.83. The smallest absolute Gasteiger partial charge is 0.342 e. The summed E-state index contributed by atoms with van der Waals surface area (Å²) in [6.07, 6.45) is 0.975. The Morgan fingerprint density at radius 3 is 2.57 bits per heavy atom. The van der Waals surface area contributed by atoms with Crippen LogP contribution in [0.2, 0.25) is 0 Å². The summed E-state index contributed by atoms with van der Waals surface area (Å²) in [5.41, 5.74) is 6.11. The summed E-state index contributed by atoms with van der Waals surface area (Å²) < 4.78 is 0. The van der Waals surface area contributed by atoms with Crippen LogP contribution >= 0.6 is 0 Å². The normalized spacial score (nSPS) is 16.8. The summed E-state index contributed by atoms with van der Waals surface area (Å²) >= 11 is 0. The first-order chi connectivity index (χ1) is 10.3. The fourth-order valence-corrected chi connectivity index (χ4v) is 3.37. The molecule has 0 radical (unpaired) electrons. The first kappa shape index (κ1) is 12.4. The van der Waals surface area contributed by atoms with Gasteiger partial charge >= 0.3 is 5.91 Å². The number of ketones is 1. The van der Waals surface area contributed by atoms with Gasteiger partial charge in [-0.3, -0.25) is 4.79 Å². The van der Waals surface area contributed by atoms with Crippen LogP contribution < -0.4 is 10.6 Å². The van der Waals surface area contributed by atoms with Crippen LogP contribution in [0.5, 0.6) is 0 Å². The molecule has 4 rings (SSSR count). The number of nitrogens with two attached hydrogens (primary N) is 2. The molecule has 2 heterocycles. The van der Waals surface area contributed by atoms with E-state index in [2.05, 4.69) is 17.4 Å². The molecular weight excluding hydrogens is 264 g/mol. The molecule has 0 saturated carbocycles. The Morgan fingerprint density at radius 1 is 0.952 bits per heavy atom. The minimum Gasteiger partial charge on any atom is -0.342 e. The number of rotatable bonds is 1. The zero-order chi connectivity index (χ0) is 14.4. The second-order valence-corrected chi connectivity index (χ2v) is 5.58. The van der Waals surface area contributed by atoms with Crippen molar-refractivity contribution < 1.29 is 20.2 Å². The van der Waals surface area contributed by atoms with E-state index in [4.69, 9.17) is 0 Å². The number of hydrogen-bond donors (Lipinski definition) is 2. The maximum atomic E-state index is 12.1. The lowest BCUT2D eigenvalue weighted by atomic mass is 9.88. The molecule has 2 aromatic rings. The maximum absolute atomic E-state index is 12.1. The van der Waals surface area contributed by atoms with Crippen LogP contribution in [0.3, 0.4) is 0 Å². The topological polar surface area (TPSA) is 67.4 Å². The Balaban J connectivity index is 2.01. The van der Waals surface area contributed by atoms with Gasteiger partial charge in [0.05, 0.1) is 17.7 Å². The van der Waals surface area contributed by atoms with Gasteiger partial charge in [0.2, 0.25) is 0 Å². The van der Waals surface area contributed by atoms with Crippen molar-refractivity contribution in [3.63, 3.8) is 0 Å². The van der Waals surface area contributed by atoms with Crippen LogP contribution in [0.4, 0.5) is 5.69 Å². The maximum Gasteiger partial charge on any atom is 0.388 e. The zero-order valence-corrected chi connectivity index (χ0v) is 11.6. The Bertz CT molecular complexity index is 766. The number of quaternary nitrogens is 2. The van der Waals surface area contributed by atoms with E-state index in [0.717, 1.165) is 41.9 Å². The lowest BCUT2D eigenvalue weighted by Crippen LogP contribution is -2.86. The molecule has 2 aromatic carbocycles. The second kappa shape index (κ2) is 4.62. The highest BCUT2D eigenvalue weighted by Gasteiger charge is 2.39. The third-order valence-corrected chi connectivity index (χ3v) is 4.37. The number of benzene rings is 2. The number of fused-ring (bicyclic) bond motifs is 3. The van der Waals surface area contributed by atoms with Gasteiger partial charge in [0.1, 0.15) is 6.54 Å². The molecule has 0 saturated heterocycles. The molecule has 0 atom stereocenters. The highest BCUT2D eigenvalue weighted by molar-refractivity contribution is 6.43. The fourth-order valence-electron chi connectivity index (χ4n) is 3.37. The van der Waals surface area contributed by atoms with Gasteiger partial charge in [0.25, 0.3) is 5.78 Å². The second-order valence-electron chi connectivity index (χ2n) is 5.58. The van der Waals surface area contributed by atoms with Crippen LogP contribution in [-0.4, -0.2) is 18.2 Å². The predicted molar refractivity (Wildman–Crippen MR) is 77.0 cm³/mol. The molecule has 2 aliphatic heterocycles. The van der Waals surface area contributed by atoms with Crippen LogP contribution in [0, 0.1) is 0 Å². The van der Waals surface area contributed by atoms with E-state index in [0.29, 0.717) is 5.56 Å². The predicted octanol–water partition coefficient (Wildman–Crippen LogP) is -0.109. The van der Waals surface area contributed by atoms with E-state index in [-0.39, 0.29) is 11.7 Å². The number of carbonyl (C=O) groups excluding carboxylic acids is 2. The fraction of sp³-hybridized carbons (Fsp3) is 0.176. The molecule has 0 aromatic heterocycles. The van der Waals surface area contributed by atoms with E-state index >= 15 is 0 Å². The third kappa shape index (κ3) is 1.84. The minimum atomic E-state index is -0.386. The summed E-state index contributed by atoms with van der Waals surface area (Å²) in [5.74, 6) is -0.751. The van der Waals surface area contributed by atoms with Gasteiger partial charge in [-0.1, -0.05) is 30.3 Å². The lowest BCUT2D eigenvalue weighted by Gasteiger charge is -2.19. The molecule has 0 unspecified atom stereocenters. The van der Waals surface area contributed by atoms with E-state index in [1.54, 1.807) is 0 Å². The van der Waals surface area contributed by atoms with E-state index in [1.165, 1.54) is 10.9 Å². The molecule has 4 nitrogen and oxygen atoms in total. The highest BCUT2D eigenvalue weighted by Crippen LogP contribution is 2.34. The molecule has 0 bridgehead atoms. The zero-order valence-electron chi connectivity index (χ0n) is 11.6. The monoisotopic (exact) mass is 280 g/mol. The first-order valence-electron chi connectivity index (χ1n) is 7.25. The van der Waals surface area contributed by atoms with E-state index < -0.39 is 0 Å². The van der Waals surface area contributed by atoms with Crippen molar-refractivity contribution in [3.8, 4) is 11.1 Å². The molecule has 4 N–H and O–H groups in total. The minimum absolute atomic E-state index is 0.365. The lowest BCUT2D eigenvalue weighted by molar-refractivity contribution is -0.674. The van der Waals surface area contributed by atoms with Crippen molar-refractivity contribution in [2.24, 2.45) is 0 Å². The molecule has 104 valence electrons. The van der Waals surface area contributed by atoms with Crippen molar-refractivity contribution in [1.29, 1.82) is 0 Å². The van der Waals surface area contributed by atoms with Crippen LogP contribution in [0.25, 0.3) is 11.1 Å². The summed E-state index contributed by atoms with van der Waals surface area (Å²) in [6.45, 7) is 1.89. The Morgan fingerprint density at radius 2 is 1.76 bits per heavy atom. The van der Waals surface area contributed by atoms with Gasteiger partial charge in [0, 0.05) is 6.42 Å². The Labute approximate surface area is 122 Å². The average molecular weight is 280 g/mol. The van der Waals surface area contributed by atoms with Crippen molar-refractivity contribution in [3.05, 3.63) is 53.1 Å². The molecule has 2 aliphatic rings. The number of Topliss-reactive ketones (excluding diaryl/α,β-unsaturated/α-hetero) is 1. The van der Waals surface area contributed by atoms with Crippen LogP contribution in [0.15, 0.2) is 36.4 Å². The Kier molecular flexibility index (Phi) is 2.74. The van der Waals surface area contributed by atoms with Gasteiger partial charge in [-0.05, 0) is 22.8 Å². The SMILES string of the molecule is O=C1[NH2+]c2c(cc(-c3ccccc3)c3c2C[NH2+]CC3)C1=O. The quantitative estimate of drug-likeness (QED) is 0.565. The van der Waals surface area contributed by atoms with Crippen molar-refractivity contribution in [2.45, 2.75) is 13.0 Å². The molecule has 21 heavy (non-hydrogen) atoms. The molecule has 1 amide bonds. The third-order valence-electron chi connectivity index (χ3n) is 4.37. The molecule has 0 aliphatic carbocycles. The van der Waals surface area contributed by atoms with Gasteiger partial charge in [0.15, 0.2) is 5.69 Å². The first-order valence-corrected chi connectivity index (χ1v) is 7.25. The highest BCUT2D eigenvalue weighted by atomic mass is 16.2. The molecule has 0 fully saturated rings. The summed E-state index contributed by atoms with van der Waals surface area (Å²) in [4.78, 5) is 23.8. The van der Waals surface area contributed by atoms with E-state index in [1.807, 2.05) is 24.3 Å². The number of carbonyl (C=O) groups is 2. The summed E-state index contributed by atoms with van der Waals surface area (Å²) in [5, 5.41) is 3.75. The van der Waals surface area contributed by atoms with Gasteiger partial charge in [-0.2, -0.15) is 0 Å². The van der Waals surface area contributed by atoms with Crippen molar-refractivity contribution >= 4 is 17.4 Å². The number of primary amides is 1. The molecule has 0 spiro atoms. The van der Waals surface area contributed by atoms with Gasteiger partial charge in [-0.25, -0.2) is 10.1 Å². The Hall–Kier alpha value is -2.30. The summed E-state index contributed by atoms with van der Waals surface area (Å²) in [7, 11) is 0. The van der Waals surface area contributed by atoms with Gasteiger partial charge in [-0.15, -0.1) is 0 Å². The standard InChI is InChI=1S/C17H14N2O2/c20-16-13-8-12(10-4-2-1-3-5-10)11-6-7-18-9-14(11)15(13)19-17(16)21/h1-5,8,18H,6-7,9H2,(H,19,20,21)/p+2. The number of amides is 1. The molecule has 4 heteroatoms.